The Hall–Kier alpha value is -2.16. The molecule has 1 aromatic heterocycles. The second kappa shape index (κ2) is 6.85. The molecule has 1 aliphatic carbocycles. The van der Waals surface area contributed by atoms with Gasteiger partial charge in [-0.05, 0) is 18.4 Å². The zero-order valence-electron chi connectivity index (χ0n) is 11.3. The molecule has 0 radical (unpaired) electrons. The second-order valence-electron chi connectivity index (χ2n) is 5.15. The number of hydrogen-bond acceptors (Lipinski definition) is 5. The molecule has 1 aromatic rings. The Kier molecular flexibility index (Phi) is 4.88. The number of anilines is 1. The minimum Gasteiger partial charge on any atom is -0.370 e. The summed E-state index contributed by atoms with van der Waals surface area (Å²) in [4.78, 5) is 14.1. The SMILES string of the molecule is N#Cc1nc(NCCC2CCCCC2)ccc1[N+](=O)[O-]. The minimum atomic E-state index is -0.586. The summed E-state index contributed by atoms with van der Waals surface area (Å²) in [7, 11) is 0. The number of nitrogens with one attached hydrogen (secondary N) is 1. The van der Waals surface area contributed by atoms with Crippen molar-refractivity contribution in [3.05, 3.63) is 27.9 Å². The number of aromatic nitrogens is 1. The fraction of sp³-hybridized carbons (Fsp3) is 0.571. The van der Waals surface area contributed by atoms with Crippen molar-refractivity contribution in [2.24, 2.45) is 5.92 Å². The number of pyridine rings is 1. The molecule has 0 saturated heterocycles. The van der Waals surface area contributed by atoms with E-state index in [1.54, 1.807) is 12.1 Å². The molecular formula is C14H18N4O2. The molecule has 2 rings (SSSR count). The van der Waals surface area contributed by atoms with Gasteiger partial charge in [-0.1, -0.05) is 32.1 Å². The normalized spacial score (nSPS) is 15.6. The molecule has 1 N–H and O–H groups in total. The van der Waals surface area contributed by atoms with Crippen LogP contribution in [0.25, 0.3) is 0 Å². The van der Waals surface area contributed by atoms with Crippen LogP contribution in [0.2, 0.25) is 0 Å². The summed E-state index contributed by atoms with van der Waals surface area (Å²) in [6, 6.07) is 4.65. The highest BCUT2D eigenvalue weighted by atomic mass is 16.6. The summed E-state index contributed by atoms with van der Waals surface area (Å²) in [5, 5.41) is 22.7. The van der Waals surface area contributed by atoms with E-state index >= 15 is 0 Å². The van der Waals surface area contributed by atoms with Crippen molar-refractivity contribution in [3.63, 3.8) is 0 Å². The van der Waals surface area contributed by atoms with Crippen molar-refractivity contribution >= 4 is 11.5 Å². The van der Waals surface area contributed by atoms with Crippen LogP contribution in [0.15, 0.2) is 12.1 Å². The van der Waals surface area contributed by atoms with Gasteiger partial charge in [0.15, 0.2) is 0 Å². The van der Waals surface area contributed by atoms with Crippen molar-refractivity contribution in [1.82, 2.24) is 4.98 Å². The highest BCUT2D eigenvalue weighted by molar-refractivity contribution is 5.50. The summed E-state index contributed by atoms with van der Waals surface area (Å²) < 4.78 is 0. The largest absolute Gasteiger partial charge is 0.370 e. The summed E-state index contributed by atoms with van der Waals surface area (Å²) in [5.41, 5.74) is -0.386. The molecule has 1 fully saturated rings. The van der Waals surface area contributed by atoms with Crippen LogP contribution >= 0.6 is 0 Å². The standard InChI is InChI=1S/C14H18N4O2/c15-10-12-13(18(19)20)6-7-14(17-12)16-9-8-11-4-2-1-3-5-11/h6-7,11H,1-5,8-9H2,(H,16,17). The Labute approximate surface area is 118 Å². The lowest BCUT2D eigenvalue weighted by Crippen LogP contribution is -2.13. The van der Waals surface area contributed by atoms with E-state index in [2.05, 4.69) is 10.3 Å². The van der Waals surface area contributed by atoms with Gasteiger partial charge in [0, 0.05) is 12.6 Å². The summed E-state index contributed by atoms with van der Waals surface area (Å²) in [6.45, 7) is 0.792. The van der Waals surface area contributed by atoms with E-state index in [9.17, 15) is 10.1 Å². The Bertz CT molecular complexity index is 518. The lowest BCUT2D eigenvalue weighted by atomic mass is 9.87. The van der Waals surface area contributed by atoms with E-state index in [0.29, 0.717) is 5.82 Å². The fourth-order valence-corrected chi connectivity index (χ4v) is 2.66. The number of nitro groups is 1. The Morgan fingerprint density at radius 1 is 1.40 bits per heavy atom. The van der Waals surface area contributed by atoms with E-state index in [1.807, 2.05) is 0 Å². The van der Waals surface area contributed by atoms with Gasteiger partial charge in [0.25, 0.3) is 0 Å². The molecule has 0 bridgehead atoms. The van der Waals surface area contributed by atoms with Gasteiger partial charge in [-0.25, -0.2) is 4.98 Å². The first kappa shape index (κ1) is 14.3. The second-order valence-corrected chi connectivity index (χ2v) is 5.15. The molecule has 6 nitrogen and oxygen atoms in total. The monoisotopic (exact) mass is 274 g/mol. The van der Waals surface area contributed by atoms with Crippen LogP contribution in [-0.2, 0) is 0 Å². The van der Waals surface area contributed by atoms with Crippen LogP contribution in [0.1, 0.15) is 44.2 Å². The maximum Gasteiger partial charge on any atom is 0.305 e. The quantitative estimate of drug-likeness (QED) is 0.657. The molecular weight excluding hydrogens is 256 g/mol. The zero-order chi connectivity index (χ0) is 14.4. The van der Waals surface area contributed by atoms with Crippen LogP contribution < -0.4 is 5.32 Å². The highest BCUT2D eigenvalue weighted by Crippen LogP contribution is 2.26. The van der Waals surface area contributed by atoms with E-state index in [4.69, 9.17) is 5.26 Å². The maximum atomic E-state index is 10.7. The minimum absolute atomic E-state index is 0.141. The highest BCUT2D eigenvalue weighted by Gasteiger charge is 2.16. The summed E-state index contributed by atoms with van der Waals surface area (Å²) in [5.74, 6) is 1.30. The zero-order valence-corrected chi connectivity index (χ0v) is 11.3. The van der Waals surface area contributed by atoms with Gasteiger partial charge >= 0.3 is 5.69 Å². The third-order valence-electron chi connectivity index (χ3n) is 3.76. The molecule has 0 amide bonds. The average molecular weight is 274 g/mol. The van der Waals surface area contributed by atoms with E-state index in [1.165, 1.54) is 38.2 Å². The fourth-order valence-electron chi connectivity index (χ4n) is 2.66. The molecule has 1 heterocycles. The molecule has 1 saturated carbocycles. The Balaban J connectivity index is 1.90. The van der Waals surface area contributed by atoms with Gasteiger partial charge in [-0.15, -0.1) is 0 Å². The number of nitriles is 1. The van der Waals surface area contributed by atoms with Gasteiger partial charge in [0.1, 0.15) is 11.9 Å². The molecule has 20 heavy (non-hydrogen) atoms. The predicted octanol–water partition coefficient (Wildman–Crippen LogP) is 3.24. The van der Waals surface area contributed by atoms with Crippen LogP contribution in [0.3, 0.4) is 0 Å². The molecule has 0 aliphatic heterocycles. The van der Waals surface area contributed by atoms with Gasteiger partial charge in [-0.2, -0.15) is 5.26 Å². The van der Waals surface area contributed by atoms with Crippen molar-refractivity contribution < 1.29 is 4.92 Å². The topological polar surface area (TPSA) is 91.8 Å². The third kappa shape index (κ3) is 3.67. The van der Waals surface area contributed by atoms with Crippen LogP contribution in [0.5, 0.6) is 0 Å². The number of rotatable bonds is 5. The van der Waals surface area contributed by atoms with Gasteiger partial charge in [0.2, 0.25) is 5.69 Å². The lowest BCUT2D eigenvalue weighted by Gasteiger charge is -2.21. The Morgan fingerprint density at radius 3 is 2.80 bits per heavy atom. The van der Waals surface area contributed by atoms with Gasteiger partial charge in [0.05, 0.1) is 4.92 Å². The Morgan fingerprint density at radius 2 is 2.15 bits per heavy atom. The van der Waals surface area contributed by atoms with E-state index < -0.39 is 4.92 Å². The van der Waals surface area contributed by atoms with Crippen molar-refractivity contribution in [3.8, 4) is 6.07 Å². The summed E-state index contributed by atoms with van der Waals surface area (Å²) in [6.07, 6.45) is 7.65. The lowest BCUT2D eigenvalue weighted by molar-refractivity contribution is -0.385. The summed E-state index contributed by atoms with van der Waals surface area (Å²) >= 11 is 0. The van der Waals surface area contributed by atoms with E-state index in [-0.39, 0.29) is 11.4 Å². The van der Waals surface area contributed by atoms with Gasteiger partial charge in [-0.3, -0.25) is 10.1 Å². The molecule has 0 unspecified atom stereocenters. The van der Waals surface area contributed by atoms with Crippen LogP contribution in [0.4, 0.5) is 11.5 Å². The van der Waals surface area contributed by atoms with Gasteiger partial charge < -0.3 is 5.32 Å². The average Bonchev–Trinajstić information content (AvgIpc) is 2.48. The maximum absolute atomic E-state index is 10.7. The molecule has 0 atom stereocenters. The predicted molar refractivity (Wildman–Crippen MR) is 75.3 cm³/mol. The van der Waals surface area contributed by atoms with Crippen LogP contribution in [0, 0.1) is 27.4 Å². The molecule has 1 aliphatic rings. The molecule has 0 aromatic carbocycles. The number of nitrogens with zero attached hydrogens (tertiary/aromatic N) is 3. The first-order chi connectivity index (χ1) is 9.70. The van der Waals surface area contributed by atoms with E-state index in [0.717, 1.165) is 18.9 Å². The molecule has 6 heteroatoms. The molecule has 0 spiro atoms. The third-order valence-corrected chi connectivity index (χ3v) is 3.76. The van der Waals surface area contributed by atoms with Crippen molar-refractivity contribution in [2.45, 2.75) is 38.5 Å². The smallest absolute Gasteiger partial charge is 0.305 e. The first-order valence-corrected chi connectivity index (χ1v) is 7.00. The number of hydrogen-bond donors (Lipinski definition) is 1. The first-order valence-electron chi connectivity index (χ1n) is 7.00. The molecule has 106 valence electrons. The van der Waals surface area contributed by atoms with Crippen LogP contribution in [-0.4, -0.2) is 16.5 Å². The van der Waals surface area contributed by atoms with Crippen molar-refractivity contribution in [2.75, 3.05) is 11.9 Å². The van der Waals surface area contributed by atoms with Crippen molar-refractivity contribution in [1.29, 1.82) is 5.26 Å².